The van der Waals surface area contributed by atoms with Crippen LogP contribution in [0.15, 0.2) is 0 Å². The topological polar surface area (TPSA) is 49.7 Å². The Morgan fingerprint density at radius 2 is 1.83 bits per heavy atom. The predicted molar refractivity (Wildman–Crippen MR) is 13.5 cm³/mol. The van der Waals surface area contributed by atoms with Crippen LogP contribution in [0.25, 0.3) is 0 Å². The van der Waals surface area contributed by atoms with E-state index in [-0.39, 0.29) is 59.6 Å². The minimum atomic E-state index is -2.28. The van der Waals surface area contributed by atoms with Gasteiger partial charge < -0.3 is 11.5 Å². The quantitative estimate of drug-likeness (QED) is 0.390. The summed E-state index contributed by atoms with van der Waals surface area (Å²) in [5.41, 5.74) is 0. The summed E-state index contributed by atoms with van der Waals surface area (Å²) in [6, 6.07) is 0. The zero-order valence-corrected chi connectivity index (χ0v) is 8.17. The van der Waals surface area contributed by atoms with Crippen LogP contribution in [0, 0.1) is 0 Å². The second kappa shape index (κ2) is 6.68. The Labute approximate surface area is 84.8 Å². The van der Waals surface area contributed by atoms with E-state index in [1.807, 2.05) is 0 Å². The number of halogens is 1. The van der Waals surface area contributed by atoms with Crippen LogP contribution in [0.2, 0.25) is 0 Å². The molecule has 3 nitrogen and oxygen atoms in total. The van der Waals surface area contributed by atoms with Crippen molar-refractivity contribution >= 4 is 7.32 Å². The number of hydrogen-bond acceptors (Lipinski definition) is 3. The SMILES string of the molecule is OB(O)OF.[H-].[Rb+]. The van der Waals surface area contributed by atoms with Gasteiger partial charge in [-0.05, 0) is 0 Å². The third kappa shape index (κ3) is 9.19. The van der Waals surface area contributed by atoms with Crippen LogP contribution in [-0.2, 0) is 4.86 Å². The first kappa shape index (κ1) is 10.6. The molecule has 0 aromatic carbocycles. The van der Waals surface area contributed by atoms with Crippen LogP contribution in [0.1, 0.15) is 1.43 Å². The Balaban J connectivity index is -0.0000000800. The normalized spacial score (nSPS) is 6.50. The third-order valence-corrected chi connectivity index (χ3v) is 0.0797. The van der Waals surface area contributed by atoms with Crippen molar-refractivity contribution in [2.45, 2.75) is 0 Å². The first-order chi connectivity index (χ1) is 2.27. The molecule has 32 valence electrons. The molecule has 0 radical (unpaired) electrons. The van der Waals surface area contributed by atoms with Gasteiger partial charge in [0, 0.05) is 0 Å². The molecule has 2 N–H and O–H groups in total. The molecule has 0 heterocycles. The molecule has 0 rings (SSSR count). The maximum absolute atomic E-state index is 10.1. The summed E-state index contributed by atoms with van der Waals surface area (Å²) in [7, 11) is -2.28. The molecule has 0 aliphatic rings. The monoisotopic (exact) mass is 166 g/mol. The van der Waals surface area contributed by atoms with Crippen LogP contribution < -0.4 is 58.2 Å². The van der Waals surface area contributed by atoms with Crippen LogP contribution in [-0.4, -0.2) is 17.4 Å². The van der Waals surface area contributed by atoms with Crippen LogP contribution >= 0.6 is 0 Å². The molecule has 6 heavy (non-hydrogen) atoms. The van der Waals surface area contributed by atoms with Crippen molar-refractivity contribution < 1.29 is 79.0 Å². The largest absolute Gasteiger partial charge is 1.00 e. The smallest absolute Gasteiger partial charge is 1.00 e. The molecular formula is H3BFO3Rb. The molecule has 0 saturated heterocycles. The van der Waals surface area contributed by atoms with E-state index in [0.29, 0.717) is 0 Å². The minimum Gasteiger partial charge on any atom is -1.00 e. The van der Waals surface area contributed by atoms with E-state index in [2.05, 4.69) is 4.86 Å². The van der Waals surface area contributed by atoms with Gasteiger partial charge in [-0.3, -0.25) is 0 Å². The van der Waals surface area contributed by atoms with Gasteiger partial charge in [-0.25, -0.2) is 0 Å². The fourth-order valence-corrected chi connectivity index (χ4v) is 0. The predicted octanol–water partition coefficient (Wildman–Crippen LogP) is -4.03. The Morgan fingerprint density at radius 3 is 1.83 bits per heavy atom. The van der Waals surface area contributed by atoms with Crippen molar-refractivity contribution in [2.24, 2.45) is 0 Å². The van der Waals surface area contributed by atoms with E-state index in [0.717, 1.165) is 0 Å². The fourth-order valence-electron chi connectivity index (χ4n) is 0. The molecule has 0 fully saturated rings. The van der Waals surface area contributed by atoms with E-state index >= 15 is 0 Å². The van der Waals surface area contributed by atoms with Crippen LogP contribution in [0.3, 0.4) is 0 Å². The molecule has 0 aliphatic heterocycles. The van der Waals surface area contributed by atoms with Crippen molar-refractivity contribution in [3.05, 3.63) is 0 Å². The van der Waals surface area contributed by atoms with Gasteiger partial charge in [-0.2, -0.15) is 4.86 Å². The van der Waals surface area contributed by atoms with E-state index in [1.54, 1.807) is 0 Å². The first-order valence-electron chi connectivity index (χ1n) is 0.906. The summed E-state index contributed by atoms with van der Waals surface area (Å²) in [6.07, 6.45) is 0. The van der Waals surface area contributed by atoms with Crippen molar-refractivity contribution in [3.63, 3.8) is 0 Å². The van der Waals surface area contributed by atoms with E-state index in [9.17, 15) is 4.53 Å². The van der Waals surface area contributed by atoms with Crippen LogP contribution in [0.5, 0.6) is 0 Å². The average Bonchev–Trinajstić information content (AvgIpc) is 1.38. The maximum atomic E-state index is 10.1. The second-order valence-corrected chi connectivity index (χ2v) is 0.415. The van der Waals surface area contributed by atoms with Crippen LogP contribution in [0.4, 0.5) is 4.53 Å². The number of rotatable bonds is 1. The fraction of sp³-hybridized carbons (Fsp3) is 0. The second-order valence-electron chi connectivity index (χ2n) is 0.415. The van der Waals surface area contributed by atoms with E-state index < -0.39 is 7.32 Å². The van der Waals surface area contributed by atoms with Gasteiger partial charge >= 0.3 is 65.5 Å². The molecule has 0 aliphatic carbocycles. The van der Waals surface area contributed by atoms with Crippen molar-refractivity contribution in [2.75, 3.05) is 0 Å². The van der Waals surface area contributed by atoms with E-state index in [1.165, 1.54) is 0 Å². The van der Waals surface area contributed by atoms with Gasteiger partial charge in [-0.1, -0.05) is 4.53 Å². The summed E-state index contributed by atoms with van der Waals surface area (Å²) in [6.45, 7) is 0. The summed E-state index contributed by atoms with van der Waals surface area (Å²) in [4.78, 5) is 2.36. The molecule has 0 amide bonds. The molecule has 0 bridgehead atoms. The van der Waals surface area contributed by atoms with Crippen molar-refractivity contribution in [3.8, 4) is 0 Å². The summed E-state index contributed by atoms with van der Waals surface area (Å²) in [5.74, 6) is 0. The van der Waals surface area contributed by atoms with Gasteiger partial charge in [0.25, 0.3) is 0 Å². The Kier molecular flexibility index (Phi) is 11.8. The standard InChI is InChI=1S/BFH2O3.Rb.H/c2-5-1(3)4;;/h3-4H;;/q;+1;-1. The van der Waals surface area contributed by atoms with Gasteiger partial charge in [-0.15, -0.1) is 0 Å². The summed E-state index contributed by atoms with van der Waals surface area (Å²) < 4.78 is 10.1. The van der Waals surface area contributed by atoms with Gasteiger partial charge in [0.2, 0.25) is 0 Å². The molecular weight excluding hydrogens is 163 g/mol. The number of hydrogen-bond donors (Lipinski definition) is 2. The Bertz CT molecular complexity index is 28.9. The first-order valence-corrected chi connectivity index (χ1v) is 0.906. The average molecular weight is 166 g/mol. The van der Waals surface area contributed by atoms with Gasteiger partial charge in [0.1, 0.15) is 0 Å². The molecule has 0 saturated carbocycles. The molecule has 6 heteroatoms. The van der Waals surface area contributed by atoms with E-state index in [4.69, 9.17) is 10.0 Å². The molecule has 0 atom stereocenters. The summed E-state index contributed by atoms with van der Waals surface area (Å²) in [5, 5.41) is 14.6. The molecule has 0 unspecified atom stereocenters. The molecule has 0 aromatic heterocycles. The molecule has 0 spiro atoms. The Morgan fingerprint density at radius 1 is 1.67 bits per heavy atom. The zero-order chi connectivity index (χ0) is 4.28. The van der Waals surface area contributed by atoms with Crippen molar-refractivity contribution in [1.29, 1.82) is 0 Å². The van der Waals surface area contributed by atoms with Gasteiger partial charge in [0.15, 0.2) is 0 Å². The maximum Gasteiger partial charge on any atom is 1.00 e. The zero-order valence-electron chi connectivity index (χ0n) is 4.26. The minimum absolute atomic E-state index is 0. The molecule has 0 aromatic rings. The third-order valence-electron chi connectivity index (χ3n) is 0.0797. The Hall–Kier alpha value is 1.68. The van der Waals surface area contributed by atoms with Crippen molar-refractivity contribution in [1.82, 2.24) is 0 Å². The van der Waals surface area contributed by atoms with Gasteiger partial charge in [0.05, 0.1) is 0 Å². The summed E-state index contributed by atoms with van der Waals surface area (Å²) >= 11 is 0.